The van der Waals surface area contributed by atoms with Gasteiger partial charge in [0.25, 0.3) is 0 Å². The summed E-state index contributed by atoms with van der Waals surface area (Å²) in [5, 5.41) is 14.9. The Morgan fingerprint density at radius 3 is 2.53 bits per heavy atom. The van der Waals surface area contributed by atoms with Gasteiger partial charge in [0.05, 0.1) is 12.6 Å². The Bertz CT molecular complexity index is 168. The lowest BCUT2D eigenvalue weighted by Crippen LogP contribution is -2.37. The molecule has 0 aromatic carbocycles. The van der Waals surface area contributed by atoms with Gasteiger partial charge in [0.2, 0.25) is 5.91 Å². The lowest BCUT2D eigenvalue weighted by molar-refractivity contribution is -0.122. The summed E-state index contributed by atoms with van der Waals surface area (Å²) in [6.45, 7) is 6.99. The van der Waals surface area contributed by atoms with Gasteiger partial charge in [0.15, 0.2) is 0 Å². The van der Waals surface area contributed by atoms with Crippen LogP contribution in [0.25, 0.3) is 0 Å². The zero-order valence-electron chi connectivity index (χ0n) is 10.0. The molecule has 0 unspecified atom stereocenters. The maximum Gasteiger partial charge on any atom is 0.220 e. The van der Waals surface area contributed by atoms with E-state index in [1.807, 2.05) is 6.92 Å². The molecule has 0 spiro atoms. The molecule has 0 aromatic heterocycles. The average Bonchev–Trinajstić information content (AvgIpc) is 2.20. The van der Waals surface area contributed by atoms with Crippen molar-refractivity contribution < 1.29 is 9.90 Å². The van der Waals surface area contributed by atoms with Crippen molar-refractivity contribution in [1.29, 1.82) is 0 Å². The zero-order chi connectivity index (χ0) is 11.7. The molecule has 0 heterocycles. The first-order valence-electron chi connectivity index (χ1n) is 5.73. The van der Waals surface area contributed by atoms with Gasteiger partial charge in [-0.1, -0.05) is 20.8 Å². The molecule has 1 amide bonds. The van der Waals surface area contributed by atoms with Gasteiger partial charge in [-0.05, 0) is 19.4 Å². The molecule has 0 fully saturated rings. The summed E-state index contributed by atoms with van der Waals surface area (Å²) in [4.78, 5) is 11.4. The Hall–Kier alpha value is -0.610. The van der Waals surface area contributed by atoms with Crippen molar-refractivity contribution in [3.8, 4) is 0 Å². The van der Waals surface area contributed by atoms with Gasteiger partial charge in [-0.25, -0.2) is 0 Å². The minimum Gasteiger partial charge on any atom is -0.394 e. The van der Waals surface area contributed by atoms with Gasteiger partial charge in [0, 0.05) is 12.5 Å². The molecule has 90 valence electrons. The third-order valence-electron chi connectivity index (χ3n) is 2.21. The van der Waals surface area contributed by atoms with Gasteiger partial charge in [0.1, 0.15) is 0 Å². The van der Waals surface area contributed by atoms with Gasteiger partial charge < -0.3 is 15.7 Å². The van der Waals surface area contributed by atoms with E-state index in [2.05, 4.69) is 24.5 Å². The summed E-state index contributed by atoms with van der Waals surface area (Å²) in [7, 11) is 0. The van der Waals surface area contributed by atoms with E-state index in [1.165, 1.54) is 0 Å². The number of rotatable bonds is 8. The summed E-state index contributed by atoms with van der Waals surface area (Å²) >= 11 is 0. The Kier molecular flexibility index (Phi) is 8.33. The van der Waals surface area contributed by atoms with E-state index in [0.29, 0.717) is 12.5 Å². The summed E-state index contributed by atoms with van der Waals surface area (Å²) < 4.78 is 0. The number of nitrogens with one attached hydrogen (secondary N) is 2. The molecule has 0 aliphatic carbocycles. The fraction of sp³-hybridized carbons (Fsp3) is 0.909. The maximum atomic E-state index is 11.4. The third kappa shape index (κ3) is 8.39. The highest BCUT2D eigenvalue weighted by Crippen LogP contribution is 1.93. The van der Waals surface area contributed by atoms with Crippen LogP contribution in [0.2, 0.25) is 0 Å². The van der Waals surface area contributed by atoms with Gasteiger partial charge in [-0.3, -0.25) is 4.79 Å². The SMILES string of the molecule is CC[C@H](CO)NC(=O)CCCNC(C)C. The predicted octanol–water partition coefficient (Wildman–Crippen LogP) is 0.652. The van der Waals surface area contributed by atoms with E-state index in [4.69, 9.17) is 5.11 Å². The number of aliphatic hydroxyl groups excluding tert-OH is 1. The molecule has 4 heteroatoms. The minimum atomic E-state index is -0.0874. The number of hydrogen-bond acceptors (Lipinski definition) is 3. The minimum absolute atomic E-state index is 0.0203. The van der Waals surface area contributed by atoms with Crippen LogP contribution in [-0.4, -0.2) is 36.2 Å². The quantitative estimate of drug-likeness (QED) is 0.522. The number of carbonyl (C=O) groups is 1. The van der Waals surface area contributed by atoms with Crippen molar-refractivity contribution in [2.45, 2.75) is 52.1 Å². The third-order valence-corrected chi connectivity index (χ3v) is 2.21. The Morgan fingerprint density at radius 2 is 2.07 bits per heavy atom. The first-order chi connectivity index (χ1) is 7.10. The molecule has 15 heavy (non-hydrogen) atoms. The van der Waals surface area contributed by atoms with Crippen molar-refractivity contribution in [3.05, 3.63) is 0 Å². The molecule has 0 radical (unpaired) electrons. The highest BCUT2D eigenvalue weighted by atomic mass is 16.3. The normalized spacial score (nSPS) is 12.9. The highest BCUT2D eigenvalue weighted by molar-refractivity contribution is 5.76. The molecule has 0 aliphatic heterocycles. The molecule has 0 bridgehead atoms. The van der Waals surface area contributed by atoms with Crippen LogP contribution in [0.1, 0.15) is 40.0 Å². The van der Waals surface area contributed by atoms with E-state index in [9.17, 15) is 4.79 Å². The second kappa shape index (κ2) is 8.68. The lowest BCUT2D eigenvalue weighted by atomic mass is 10.2. The molecule has 0 saturated heterocycles. The van der Waals surface area contributed by atoms with Crippen LogP contribution in [0.15, 0.2) is 0 Å². The monoisotopic (exact) mass is 216 g/mol. The van der Waals surface area contributed by atoms with Crippen LogP contribution >= 0.6 is 0 Å². The molecule has 0 rings (SSSR count). The topological polar surface area (TPSA) is 61.4 Å². The summed E-state index contributed by atoms with van der Waals surface area (Å²) in [5.41, 5.74) is 0. The maximum absolute atomic E-state index is 11.4. The van der Waals surface area contributed by atoms with Gasteiger partial charge in [-0.15, -0.1) is 0 Å². The largest absolute Gasteiger partial charge is 0.394 e. The van der Waals surface area contributed by atoms with Crippen LogP contribution in [0.3, 0.4) is 0 Å². The molecule has 1 atom stereocenters. The molecule has 4 nitrogen and oxygen atoms in total. The van der Waals surface area contributed by atoms with E-state index < -0.39 is 0 Å². The molecule has 0 aromatic rings. The van der Waals surface area contributed by atoms with Crippen molar-refractivity contribution in [1.82, 2.24) is 10.6 Å². The number of aliphatic hydroxyl groups is 1. The van der Waals surface area contributed by atoms with E-state index >= 15 is 0 Å². The van der Waals surface area contributed by atoms with E-state index in [1.54, 1.807) is 0 Å². The molecular weight excluding hydrogens is 192 g/mol. The molecule has 0 aliphatic rings. The molecule has 0 saturated carbocycles. The second-order valence-electron chi connectivity index (χ2n) is 4.07. The second-order valence-corrected chi connectivity index (χ2v) is 4.07. The van der Waals surface area contributed by atoms with Crippen molar-refractivity contribution in [3.63, 3.8) is 0 Å². The Morgan fingerprint density at radius 1 is 1.40 bits per heavy atom. The molecular formula is C11H24N2O2. The first kappa shape index (κ1) is 14.4. The summed E-state index contributed by atoms with van der Waals surface area (Å²) in [5.74, 6) is 0.0291. The first-order valence-corrected chi connectivity index (χ1v) is 5.73. The van der Waals surface area contributed by atoms with E-state index in [0.717, 1.165) is 19.4 Å². The van der Waals surface area contributed by atoms with Crippen LogP contribution in [-0.2, 0) is 4.79 Å². The number of hydrogen-bond donors (Lipinski definition) is 3. The summed E-state index contributed by atoms with van der Waals surface area (Å²) in [6.07, 6.45) is 2.13. The van der Waals surface area contributed by atoms with Crippen LogP contribution in [0.5, 0.6) is 0 Å². The highest BCUT2D eigenvalue weighted by Gasteiger charge is 2.08. The summed E-state index contributed by atoms with van der Waals surface area (Å²) in [6, 6.07) is 0.379. The predicted molar refractivity (Wildman–Crippen MR) is 61.7 cm³/mol. The fourth-order valence-electron chi connectivity index (χ4n) is 1.22. The fourth-order valence-corrected chi connectivity index (χ4v) is 1.22. The van der Waals surface area contributed by atoms with Crippen molar-refractivity contribution in [2.75, 3.05) is 13.2 Å². The van der Waals surface area contributed by atoms with Crippen molar-refractivity contribution >= 4 is 5.91 Å². The lowest BCUT2D eigenvalue weighted by Gasteiger charge is -2.14. The molecule has 3 N–H and O–H groups in total. The number of amides is 1. The zero-order valence-corrected chi connectivity index (χ0v) is 10.0. The number of carbonyl (C=O) groups excluding carboxylic acids is 1. The van der Waals surface area contributed by atoms with Crippen LogP contribution < -0.4 is 10.6 Å². The van der Waals surface area contributed by atoms with Gasteiger partial charge in [-0.2, -0.15) is 0 Å². The Labute approximate surface area is 92.4 Å². The van der Waals surface area contributed by atoms with E-state index in [-0.39, 0.29) is 18.6 Å². The van der Waals surface area contributed by atoms with Gasteiger partial charge >= 0.3 is 0 Å². The smallest absolute Gasteiger partial charge is 0.220 e. The standard InChI is InChI=1S/C11H24N2O2/c1-4-10(8-14)13-11(15)6-5-7-12-9(2)3/h9-10,12,14H,4-8H2,1-3H3,(H,13,15)/t10-/m1/s1. The van der Waals surface area contributed by atoms with Crippen LogP contribution in [0.4, 0.5) is 0 Å². The Balaban J connectivity index is 3.48. The van der Waals surface area contributed by atoms with Crippen LogP contribution in [0, 0.1) is 0 Å². The average molecular weight is 216 g/mol. The van der Waals surface area contributed by atoms with Crippen molar-refractivity contribution in [2.24, 2.45) is 0 Å².